The van der Waals surface area contributed by atoms with Crippen LogP contribution in [0.4, 0.5) is 0 Å². The molecular weight excluding hydrogens is 182 g/mol. The Labute approximate surface area is 84.0 Å². The molecule has 1 N–H and O–H groups in total. The number of carbonyl (C=O) groups is 2. The largest absolute Gasteiger partial charge is 0.348 e. The highest BCUT2D eigenvalue weighted by Gasteiger charge is 2.23. The lowest BCUT2D eigenvalue weighted by atomic mass is 10.3. The molecule has 0 aliphatic carbocycles. The molecule has 0 saturated carbocycles. The van der Waals surface area contributed by atoms with Crippen molar-refractivity contribution in [1.82, 2.24) is 15.1 Å². The van der Waals surface area contributed by atoms with E-state index in [0.29, 0.717) is 19.6 Å². The number of hydrogen-bond acceptors (Lipinski definition) is 3. The van der Waals surface area contributed by atoms with Crippen LogP contribution in [0.25, 0.3) is 0 Å². The Bertz CT molecular complexity index is 222. The molecule has 14 heavy (non-hydrogen) atoms. The van der Waals surface area contributed by atoms with Crippen molar-refractivity contribution < 1.29 is 9.59 Å². The Balaban J connectivity index is 2.41. The van der Waals surface area contributed by atoms with E-state index >= 15 is 0 Å². The maximum absolute atomic E-state index is 11.5. The van der Waals surface area contributed by atoms with Crippen LogP contribution in [0.3, 0.4) is 0 Å². The molecule has 0 aromatic carbocycles. The maximum Gasteiger partial charge on any atom is 0.311 e. The molecule has 0 aromatic heterocycles. The van der Waals surface area contributed by atoms with Gasteiger partial charge in [0.15, 0.2) is 0 Å². The first kappa shape index (κ1) is 11.0. The number of nitrogens with zero attached hydrogens (tertiary/aromatic N) is 2. The van der Waals surface area contributed by atoms with E-state index in [0.717, 1.165) is 13.1 Å². The van der Waals surface area contributed by atoms with Gasteiger partial charge in [-0.2, -0.15) is 0 Å². The van der Waals surface area contributed by atoms with E-state index in [9.17, 15) is 9.59 Å². The molecule has 1 aliphatic heterocycles. The summed E-state index contributed by atoms with van der Waals surface area (Å²) < 4.78 is 0. The molecule has 0 spiro atoms. The predicted molar refractivity (Wildman–Crippen MR) is 52.8 cm³/mol. The average molecular weight is 199 g/mol. The Morgan fingerprint density at radius 3 is 2.29 bits per heavy atom. The van der Waals surface area contributed by atoms with E-state index in [1.54, 1.807) is 11.8 Å². The van der Waals surface area contributed by atoms with Gasteiger partial charge in [0.2, 0.25) is 0 Å². The van der Waals surface area contributed by atoms with Crippen LogP contribution in [0, 0.1) is 0 Å². The highest BCUT2D eigenvalue weighted by atomic mass is 16.2. The Morgan fingerprint density at radius 2 is 1.79 bits per heavy atom. The summed E-state index contributed by atoms with van der Waals surface area (Å²) >= 11 is 0. The van der Waals surface area contributed by atoms with Crippen molar-refractivity contribution in [3.05, 3.63) is 0 Å². The first-order valence-electron chi connectivity index (χ1n) is 4.90. The summed E-state index contributed by atoms with van der Waals surface area (Å²) in [5.74, 6) is -0.892. The van der Waals surface area contributed by atoms with Gasteiger partial charge in [-0.05, 0) is 14.0 Å². The molecular formula is C9H17N3O2. The van der Waals surface area contributed by atoms with Gasteiger partial charge in [-0.25, -0.2) is 0 Å². The molecule has 1 aliphatic rings. The molecule has 5 heteroatoms. The monoisotopic (exact) mass is 199 g/mol. The van der Waals surface area contributed by atoms with Gasteiger partial charge in [0.1, 0.15) is 0 Å². The minimum atomic E-state index is -0.489. The van der Waals surface area contributed by atoms with Gasteiger partial charge < -0.3 is 15.1 Å². The van der Waals surface area contributed by atoms with E-state index in [1.165, 1.54) is 0 Å². The highest BCUT2D eigenvalue weighted by molar-refractivity contribution is 6.35. The van der Waals surface area contributed by atoms with Gasteiger partial charge in [-0.15, -0.1) is 0 Å². The average Bonchev–Trinajstić information content (AvgIpc) is 2.18. The number of carbonyl (C=O) groups excluding carboxylic acids is 2. The smallest absolute Gasteiger partial charge is 0.311 e. The number of amides is 2. The molecule has 0 atom stereocenters. The zero-order valence-electron chi connectivity index (χ0n) is 8.75. The van der Waals surface area contributed by atoms with Crippen molar-refractivity contribution in [3.8, 4) is 0 Å². The fourth-order valence-electron chi connectivity index (χ4n) is 1.39. The molecule has 0 unspecified atom stereocenters. The molecule has 1 rings (SSSR count). The zero-order chi connectivity index (χ0) is 10.6. The third-order valence-corrected chi connectivity index (χ3v) is 2.32. The van der Waals surface area contributed by atoms with Crippen molar-refractivity contribution in [2.24, 2.45) is 0 Å². The van der Waals surface area contributed by atoms with E-state index in [4.69, 9.17) is 0 Å². The number of rotatable bonds is 1. The molecule has 2 amide bonds. The van der Waals surface area contributed by atoms with Crippen molar-refractivity contribution in [1.29, 1.82) is 0 Å². The fourth-order valence-corrected chi connectivity index (χ4v) is 1.39. The first-order chi connectivity index (χ1) is 6.65. The van der Waals surface area contributed by atoms with Gasteiger partial charge in [0, 0.05) is 32.7 Å². The van der Waals surface area contributed by atoms with Crippen molar-refractivity contribution in [2.75, 3.05) is 39.8 Å². The van der Waals surface area contributed by atoms with Crippen molar-refractivity contribution in [2.45, 2.75) is 6.92 Å². The van der Waals surface area contributed by atoms with Gasteiger partial charge in [-0.3, -0.25) is 9.59 Å². The quantitative estimate of drug-likeness (QED) is 0.545. The number of piperazine rings is 1. The van der Waals surface area contributed by atoms with Crippen LogP contribution in [0.1, 0.15) is 6.92 Å². The Kier molecular flexibility index (Phi) is 3.88. The third kappa shape index (κ3) is 2.70. The van der Waals surface area contributed by atoms with Crippen LogP contribution in [-0.4, -0.2) is 61.4 Å². The van der Waals surface area contributed by atoms with Gasteiger partial charge >= 0.3 is 11.8 Å². The summed E-state index contributed by atoms with van der Waals surface area (Å²) in [6.45, 7) is 5.27. The fraction of sp³-hybridized carbons (Fsp3) is 0.778. The van der Waals surface area contributed by atoms with Crippen LogP contribution in [0.15, 0.2) is 0 Å². The van der Waals surface area contributed by atoms with E-state index in [-0.39, 0.29) is 0 Å². The summed E-state index contributed by atoms with van der Waals surface area (Å²) in [5.41, 5.74) is 0. The normalized spacial score (nSPS) is 18.0. The molecule has 0 radical (unpaired) electrons. The molecule has 1 saturated heterocycles. The minimum Gasteiger partial charge on any atom is -0.348 e. The lowest BCUT2D eigenvalue weighted by Gasteiger charge is -2.31. The Morgan fingerprint density at radius 1 is 1.21 bits per heavy atom. The summed E-state index contributed by atoms with van der Waals surface area (Å²) in [4.78, 5) is 26.4. The topological polar surface area (TPSA) is 52.7 Å². The predicted octanol–water partition coefficient (Wildman–Crippen LogP) is -1.10. The Hall–Kier alpha value is -1.10. The van der Waals surface area contributed by atoms with Crippen molar-refractivity contribution in [3.63, 3.8) is 0 Å². The molecule has 80 valence electrons. The second-order valence-electron chi connectivity index (χ2n) is 3.45. The third-order valence-electron chi connectivity index (χ3n) is 2.32. The molecule has 0 aromatic rings. The van der Waals surface area contributed by atoms with Crippen LogP contribution in [0.2, 0.25) is 0 Å². The lowest BCUT2D eigenvalue weighted by molar-refractivity contribution is -0.146. The van der Waals surface area contributed by atoms with Gasteiger partial charge in [-0.1, -0.05) is 0 Å². The van der Waals surface area contributed by atoms with Crippen LogP contribution >= 0.6 is 0 Å². The summed E-state index contributed by atoms with van der Waals surface area (Å²) in [5, 5.41) is 2.51. The van der Waals surface area contributed by atoms with Gasteiger partial charge in [0.25, 0.3) is 0 Å². The second-order valence-corrected chi connectivity index (χ2v) is 3.45. The summed E-state index contributed by atoms with van der Waals surface area (Å²) in [7, 11) is 2.01. The number of nitrogens with one attached hydrogen (secondary N) is 1. The first-order valence-corrected chi connectivity index (χ1v) is 4.90. The highest BCUT2D eigenvalue weighted by Crippen LogP contribution is 1.99. The second kappa shape index (κ2) is 4.95. The molecule has 5 nitrogen and oxygen atoms in total. The molecule has 1 heterocycles. The van der Waals surface area contributed by atoms with E-state index < -0.39 is 11.8 Å². The summed E-state index contributed by atoms with van der Waals surface area (Å²) in [6, 6.07) is 0. The van der Waals surface area contributed by atoms with E-state index in [1.807, 2.05) is 7.05 Å². The molecule has 0 bridgehead atoms. The minimum absolute atomic E-state index is 0.403. The lowest BCUT2D eigenvalue weighted by Crippen LogP contribution is -2.51. The SMILES string of the molecule is CCNC(=O)C(=O)N1CCN(C)CC1. The van der Waals surface area contributed by atoms with Gasteiger partial charge in [0.05, 0.1) is 0 Å². The van der Waals surface area contributed by atoms with Crippen LogP contribution in [0.5, 0.6) is 0 Å². The summed E-state index contributed by atoms with van der Waals surface area (Å²) in [6.07, 6.45) is 0. The van der Waals surface area contributed by atoms with Crippen LogP contribution in [-0.2, 0) is 9.59 Å². The maximum atomic E-state index is 11.5. The van der Waals surface area contributed by atoms with E-state index in [2.05, 4.69) is 10.2 Å². The molecule has 1 fully saturated rings. The number of likely N-dealkylation sites (N-methyl/N-ethyl adjacent to an activating group) is 2. The standard InChI is InChI=1S/C9H17N3O2/c1-3-10-8(13)9(14)12-6-4-11(2)5-7-12/h3-7H2,1-2H3,(H,10,13). The van der Waals surface area contributed by atoms with Crippen molar-refractivity contribution >= 4 is 11.8 Å². The number of hydrogen-bond donors (Lipinski definition) is 1. The van der Waals surface area contributed by atoms with Crippen LogP contribution < -0.4 is 5.32 Å². The zero-order valence-corrected chi connectivity index (χ0v) is 8.75.